The maximum atomic E-state index is 12.2. The zero-order valence-corrected chi connectivity index (χ0v) is 12.4. The molecule has 0 aromatic carbocycles. The maximum absolute atomic E-state index is 12.2. The zero-order valence-electron chi connectivity index (χ0n) is 11.6. The largest absolute Gasteiger partial charge is 0.481 e. The van der Waals surface area contributed by atoms with Crippen molar-refractivity contribution in [2.24, 2.45) is 5.92 Å². The van der Waals surface area contributed by atoms with Crippen molar-refractivity contribution in [3.8, 4) is 0 Å². The van der Waals surface area contributed by atoms with Crippen LogP contribution in [0.15, 0.2) is 0 Å². The number of rotatable bonds is 6. The first kappa shape index (κ1) is 16.1. The number of aliphatic carboxylic acids is 1. The number of hydrogen-bond acceptors (Lipinski definition) is 4. The number of nitrogens with zero attached hydrogens (tertiary/aromatic N) is 1. The molecule has 0 aromatic rings. The third-order valence-corrected chi connectivity index (χ3v) is 3.99. The van der Waals surface area contributed by atoms with Crippen LogP contribution < -0.4 is 5.32 Å². The molecular formula is C12H22N2O4S. The molecule has 1 heterocycles. The summed E-state index contributed by atoms with van der Waals surface area (Å²) in [5, 5.41) is 12.0. The highest BCUT2D eigenvalue weighted by Crippen LogP contribution is 2.20. The van der Waals surface area contributed by atoms with Crippen LogP contribution in [0, 0.1) is 5.92 Å². The minimum atomic E-state index is -0.911. The molecule has 2 amide bonds. The van der Waals surface area contributed by atoms with Crippen LogP contribution in [-0.4, -0.2) is 65.9 Å². The molecule has 0 aromatic heterocycles. The van der Waals surface area contributed by atoms with Crippen molar-refractivity contribution in [1.29, 1.82) is 0 Å². The molecule has 1 rings (SSSR count). The van der Waals surface area contributed by atoms with Crippen molar-refractivity contribution < 1.29 is 19.4 Å². The highest BCUT2D eigenvalue weighted by atomic mass is 32.2. The number of ether oxygens (including phenoxy) is 1. The molecule has 1 saturated heterocycles. The number of carboxylic acid groups (broad SMARTS) is 1. The summed E-state index contributed by atoms with van der Waals surface area (Å²) < 4.78 is 5.21. The van der Waals surface area contributed by atoms with Crippen molar-refractivity contribution in [2.75, 3.05) is 31.8 Å². The molecule has 0 aliphatic carbocycles. The Bertz CT molecular complexity index is 327. The quantitative estimate of drug-likeness (QED) is 0.759. The summed E-state index contributed by atoms with van der Waals surface area (Å²) in [6.45, 7) is 4.70. The molecule has 0 saturated carbocycles. The van der Waals surface area contributed by atoms with Gasteiger partial charge in [0.05, 0.1) is 19.3 Å². The van der Waals surface area contributed by atoms with E-state index >= 15 is 0 Å². The van der Waals surface area contributed by atoms with Crippen molar-refractivity contribution in [3.63, 3.8) is 0 Å². The summed E-state index contributed by atoms with van der Waals surface area (Å²) in [5.41, 5.74) is 0. The number of thioether (sulfide) groups is 1. The average Bonchev–Trinajstić information content (AvgIpc) is 2.79. The number of hydrogen-bond donors (Lipinski definition) is 2. The highest BCUT2D eigenvalue weighted by molar-refractivity contribution is 7.98. The molecule has 2 N–H and O–H groups in total. The maximum Gasteiger partial charge on any atom is 0.317 e. The highest BCUT2D eigenvalue weighted by Gasteiger charge is 2.39. The first-order valence-electron chi connectivity index (χ1n) is 6.37. The van der Waals surface area contributed by atoms with Crippen molar-refractivity contribution in [1.82, 2.24) is 10.2 Å². The van der Waals surface area contributed by atoms with Gasteiger partial charge in [-0.05, 0) is 20.1 Å². The van der Waals surface area contributed by atoms with E-state index in [1.165, 1.54) is 0 Å². The Hall–Kier alpha value is -0.950. The van der Waals surface area contributed by atoms with Crippen LogP contribution in [0.4, 0.5) is 4.79 Å². The molecule has 1 fully saturated rings. The van der Waals surface area contributed by atoms with Crippen molar-refractivity contribution >= 4 is 23.8 Å². The molecule has 110 valence electrons. The molecule has 1 aliphatic heterocycles. The first-order valence-corrected chi connectivity index (χ1v) is 7.77. The predicted molar refractivity (Wildman–Crippen MR) is 74.5 cm³/mol. The summed E-state index contributed by atoms with van der Waals surface area (Å²) in [5.74, 6) is -0.722. The van der Waals surface area contributed by atoms with Gasteiger partial charge in [-0.3, -0.25) is 4.79 Å². The van der Waals surface area contributed by atoms with E-state index in [9.17, 15) is 9.59 Å². The second-order valence-electron chi connectivity index (χ2n) is 4.64. The van der Waals surface area contributed by atoms with Gasteiger partial charge in [0.25, 0.3) is 0 Å². The number of carboxylic acids is 1. The second kappa shape index (κ2) is 7.59. The van der Waals surface area contributed by atoms with Gasteiger partial charge in [-0.15, -0.1) is 0 Å². The van der Waals surface area contributed by atoms with E-state index < -0.39 is 11.9 Å². The normalized spacial score (nSPS) is 23.9. The van der Waals surface area contributed by atoms with E-state index in [4.69, 9.17) is 9.84 Å². The smallest absolute Gasteiger partial charge is 0.317 e. The van der Waals surface area contributed by atoms with Crippen LogP contribution in [0.2, 0.25) is 0 Å². The molecule has 3 unspecified atom stereocenters. The van der Waals surface area contributed by atoms with Gasteiger partial charge in [0.1, 0.15) is 5.92 Å². The van der Waals surface area contributed by atoms with E-state index in [0.29, 0.717) is 6.54 Å². The van der Waals surface area contributed by atoms with Crippen molar-refractivity contribution in [2.45, 2.75) is 25.9 Å². The molecular weight excluding hydrogens is 268 g/mol. The van der Waals surface area contributed by atoms with E-state index in [1.807, 2.05) is 20.1 Å². The molecule has 0 radical (unpaired) electrons. The fourth-order valence-electron chi connectivity index (χ4n) is 2.20. The van der Waals surface area contributed by atoms with E-state index in [0.717, 1.165) is 5.75 Å². The third kappa shape index (κ3) is 4.28. The van der Waals surface area contributed by atoms with Gasteiger partial charge in [-0.1, -0.05) is 0 Å². The van der Waals surface area contributed by atoms with Crippen LogP contribution in [0.25, 0.3) is 0 Å². The van der Waals surface area contributed by atoms with Crippen LogP contribution in [0.5, 0.6) is 0 Å². The fraction of sp³-hybridized carbons (Fsp3) is 0.833. The van der Waals surface area contributed by atoms with Gasteiger partial charge in [-0.25, -0.2) is 4.79 Å². The number of amides is 2. The summed E-state index contributed by atoms with van der Waals surface area (Å²) in [7, 11) is 0. The molecule has 7 heteroatoms. The lowest BCUT2D eigenvalue weighted by molar-refractivity contribution is -0.142. The Labute approximate surface area is 117 Å². The van der Waals surface area contributed by atoms with Crippen LogP contribution >= 0.6 is 11.8 Å². The van der Waals surface area contributed by atoms with Crippen LogP contribution in [0.3, 0.4) is 0 Å². The number of carbonyl (C=O) groups is 2. The van der Waals surface area contributed by atoms with Gasteiger partial charge in [0, 0.05) is 18.3 Å². The Morgan fingerprint density at radius 2 is 2.21 bits per heavy atom. The van der Waals surface area contributed by atoms with E-state index in [-0.39, 0.29) is 31.3 Å². The fourth-order valence-corrected chi connectivity index (χ4v) is 2.78. The zero-order chi connectivity index (χ0) is 14.4. The number of likely N-dealkylation sites (N-methyl/N-ethyl adjacent to an activating group) is 1. The predicted octanol–water partition coefficient (Wildman–Crippen LogP) is 0.869. The van der Waals surface area contributed by atoms with Gasteiger partial charge in [0.2, 0.25) is 0 Å². The lowest BCUT2D eigenvalue weighted by Crippen LogP contribution is -2.52. The minimum Gasteiger partial charge on any atom is -0.481 e. The Balaban J connectivity index is 2.66. The minimum absolute atomic E-state index is 0.0575. The summed E-state index contributed by atoms with van der Waals surface area (Å²) in [6, 6.07) is -0.545. The first-order chi connectivity index (χ1) is 9.01. The molecule has 3 atom stereocenters. The summed E-state index contributed by atoms with van der Waals surface area (Å²) in [6.07, 6.45) is 1.98. The molecule has 0 spiro atoms. The van der Waals surface area contributed by atoms with Crippen LogP contribution in [-0.2, 0) is 9.53 Å². The monoisotopic (exact) mass is 290 g/mol. The molecule has 6 nitrogen and oxygen atoms in total. The molecule has 19 heavy (non-hydrogen) atoms. The Kier molecular flexibility index (Phi) is 6.44. The van der Waals surface area contributed by atoms with Gasteiger partial charge < -0.3 is 20.1 Å². The molecule has 0 bridgehead atoms. The van der Waals surface area contributed by atoms with E-state index in [2.05, 4.69) is 5.32 Å². The van der Waals surface area contributed by atoms with Crippen LogP contribution in [0.1, 0.15) is 13.8 Å². The van der Waals surface area contributed by atoms with Gasteiger partial charge in [0.15, 0.2) is 0 Å². The Morgan fingerprint density at radius 1 is 1.53 bits per heavy atom. The molecule has 1 aliphatic rings. The number of nitrogens with one attached hydrogen (secondary N) is 1. The second-order valence-corrected chi connectivity index (χ2v) is 5.55. The lowest BCUT2D eigenvalue weighted by atomic mass is 10.0. The topological polar surface area (TPSA) is 78.9 Å². The number of urea groups is 1. The average molecular weight is 290 g/mol. The van der Waals surface area contributed by atoms with Gasteiger partial charge in [-0.2, -0.15) is 11.8 Å². The number of carbonyl (C=O) groups excluding carboxylic acids is 1. The van der Waals surface area contributed by atoms with Gasteiger partial charge >= 0.3 is 12.0 Å². The summed E-state index contributed by atoms with van der Waals surface area (Å²) >= 11 is 1.66. The van der Waals surface area contributed by atoms with Crippen molar-refractivity contribution in [3.05, 3.63) is 0 Å². The SMILES string of the molecule is CCN(C(=O)NC(C)CSC)C1COCC1C(=O)O. The lowest BCUT2D eigenvalue weighted by Gasteiger charge is -2.30. The third-order valence-electron chi connectivity index (χ3n) is 3.16. The summed E-state index contributed by atoms with van der Waals surface area (Å²) in [4.78, 5) is 24.9. The Morgan fingerprint density at radius 3 is 2.74 bits per heavy atom. The standard InChI is InChI=1S/C12H22N2O4S/c1-4-14(12(17)13-8(2)7-19-3)10-6-18-5-9(10)11(15)16/h8-10H,4-7H2,1-3H3,(H,13,17)(H,15,16). The van der Waals surface area contributed by atoms with E-state index in [1.54, 1.807) is 16.7 Å².